The van der Waals surface area contributed by atoms with Crippen molar-refractivity contribution < 1.29 is 9.90 Å². The normalized spacial score (nSPS) is 10.3. The van der Waals surface area contributed by atoms with E-state index in [1.165, 1.54) is 12.1 Å². The van der Waals surface area contributed by atoms with Gasteiger partial charge in [-0.05, 0) is 30.7 Å². The molecule has 104 valence electrons. The van der Waals surface area contributed by atoms with Gasteiger partial charge in [-0.3, -0.25) is 9.78 Å². The van der Waals surface area contributed by atoms with Crippen molar-refractivity contribution >= 4 is 34.8 Å². The van der Waals surface area contributed by atoms with E-state index in [1.54, 1.807) is 6.20 Å². The second-order valence-corrected chi connectivity index (χ2v) is 5.09. The summed E-state index contributed by atoms with van der Waals surface area (Å²) in [4.78, 5) is 16.1. The van der Waals surface area contributed by atoms with Gasteiger partial charge >= 0.3 is 0 Å². The van der Waals surface area contributed by atoms with Crippen LogP contribution in [0.1, 0.15) is 11.3 Å². The molecular weight excluding hydrogens is 299 g/mol. The first-order valence-corrected chi connectivity index (χ1v) is 6.61. The summed E-state index contributed by atoms with van der Waals surface area (Å²) in [5.74, 6) is -0.434. The van der Waals surface area contributed by atoms with Crippen molar-refractivity contribution in [2.24, 2.45) is 0 Å². The van der Waals surface area contributed by atoms with Crippen LogP contribution in [0.4, 0.5) is 5.69 Å². The van der Waals surface area contributed by atoms with Gasteiger partial charge in [-0.2, -0.15) is 0 Å². The maximum Gasteiger partial charge on any atom is 0.230 e. The lowest BCUT2D eigenvalue weighted by atomic mass is 10.1. The van der Waals surface area contributed by atoms with Crippen molar-refractivity contribution in [2.45, 2.75) is 13.3 Å². The summed E-state index contributed by atoms with van der Waals surface area (Å²) in [6.45, 7) is 1.89. The largest absolute Gasteiger partial charge is 0.505 e. The van der Waals surface area contributed by atoms with E-state index in [0.717, 1.165) is 5.56 Å². The smallest absolute Gasteiger partial charge is 0.230 e. The number of aryl methyl sites for hydroxylation is 1. The predicted octanol–water partition coefficient (Wildman–Crippen LogP) is 3.58. The quantitative estimate of drug-likeness (QED) is 0.852. The highest BCUT2D eigenvalue weighted by Crippen LogP contribution is 2.34. The maximum absolute atomic E-state index is 11.9. The van der Waals surface area contributed by atoms with Crippen LogP contribution in [0.2, 0.25) is 10.0 Å². The van der Waals surface area contributed by atoms with Gasteiger partial charge in [0.1, 0.15) is 0 Å². The highest BCUT2D eigenvalue weighted by Gasteiger charge is 2.11. The van der Waals surface area contributed by atoms with Crippen molar-refractivity contribution in [3.05, 3.63) is 51.8 Å². The molecule has 0 unspecified atom stereocenters. The molecule has 1 aromatic carbocycles. The molecule has 0 aliphatic carbocycles. The number of amides is 1. The monoisotopic (exact) mass is 310 g/mol. The highest BCUT2D eigenvalue weighted by molar-refractivity contribution is 6.37. The van der Waals surface area contributed by atoms with E-state index in [9.17, 15) is 9.90 Å². The zero-order valence-corrected chi connectivity index (χ0v) is 12.2. The minimum atomic E-state index is -0.232. The van der Waals surface area contributed by atoms with Crippen LogP contribution in [0.15, 0.2) is 30.5 Å². The van der Waals surface area contributed by atoms with Crippen LogP contribution >= 0.6 is 23.2 Å². The molecular formula is C14H12Cl2N2O2. The standard InChI is InChI=1S/C14H12Cl2N2O2/c1-8-3-2-4-17-12(8)7-13(19)18-9-5-10(15)14(20)11(16)6-9/h2-6,20H,7H2,1H3,(H,18,19). The minimum Gasteiger partial charge on any atom is -0.505 e. The molecule has 0 saturated heterocycles. The molecule has 20 heavy (non-hydrogen) atoms. The molecule has 2 aromatic rings. The highest BCUT2D eigenvalue weighted by atomic mass is 35.5. The lowest BCUT2D eigenvalue weighted by Crippen LogP contribution is -2.15. The summed E-state index contributed by atoms with van der Waals surface area (Å²) in [7, 11) is 0. The van der Waals surface area contributed by atoms with Crippen LogP contribution in [0.25, 0.3) is 0 Å². The van der Waals surface area contributed by atoms with Crippen LogP contribution in [0.5, 0.6) is 5.75 Å². The molecule has 1 aromatic heterocycles. The summed E-state index contributed by atoms with van der Waals surface area (Å²) in [5, 5.41) is 12.3. The van der Waals surface area contributed by atoms with Crippen LogP contribution in [-0.2, 0) is 11.2 Å². The van der Waals surface area contributed by atoms with Crippen molar-refractivity contribution in [1.29, 1.82) is 0 Å². The Hall–Kier alpha value is -1.78. The topological polar surface area (TPSA) is 62.2 Å². The number of hydrogen-bond donors (Lipinski definition) is 2. The number of carbonyl (C=O) groups is 1. The number of nitrogens with zero attached hydrogens (tertiary/aromatic N) is 1. The molecule has 1 heterocycles. The summed E-state index contributed by atoms with van der Waals surface area (Å²) < 4.78 is 0. The number of rotatable bonds is 3. The van der Waals surface area contributed by atoms with Gasteiger partial charge in [0.05, 0.1) is 22.2 Å². The van der Waals surface area contributed by atoms with Gasteiger partial charge < -0.3 is 10.4 Å². The second kappa shape index (κ2) is 6.11. The van der Waals surface area contributed by atoms with Gasteiger partial charge in [0, 0.05) is 11.9 Å². The van der Waals surface area contributed by atoms with Gasteiger partial charge in [0.25, 0.3) is 0 Å². The third kappa shape index (κ3) is 3.40. The van der Waals surface area contributed by atoms with E-state index in [2.05, 4.69) is 10.3 Å². The number of pyridine rings is 1. The third-order valence-electron chi connectivity index (χ3n) is 2.75. The molecule has 0 aliphatic heterocycles. The number of hydrogen-bond acceptors (Lipinski definition) is 3. The Morgan fingerprint density at radius 3 is 2.60 bits per heavy atom. The molecule has 0 saturated carbocycles. The Labute approximate surface area is 126 Å². The lowest BCUT2D eigenvalue weighted by molar-refractivity contribution is -0.115. The first kappa shape index (κ1) is 14.6. The molecule has 0 atom stereocenters. The van der Waals surface area contributed by atoms with Crippen LogP contribution < -0.4 is 5.32 Å². The molecule has 2 rings (SSSR count). The summed E-state index contributed by atoms with van der Waals surface area (Å²) >= 11 is 11.6. The van der Waals surface area contributed by atoms with E-state index in [-0.39, 0.29) is 28.1 Å². The third-order valence-corrected chi connectivity index (χ3v) is 3.32. The maximum atomic E-state index is 11.9. The van der Waals surface area contributed by atoms with Crippen molar-refractivity contribution in [2.75, 3.05) is 5.32 Å². The van der Waals surface area contributed by atoms with E-state index in [0.29, 0.717) is 11.4 Å². The Morgan fingerprint density at radius 1 is 1.35 bits per heavy atom. The summed E-state index contributed by atoms with van der Waals surface area (Å²) in [6.07, 6.45) is 1.80. The van der Waals surface area contributed by atoms with Crippen LogP contribution in [0, 0.1) is 6.92 Å². The number of carbonyl (C=O) groups excluding carboxylic acids is 1. The van der Waals surface area contributed by atoms with Gasteiger partial charge in [-0.1, -0.05) is 29.3 Å². The van der Waals surface area contributed by atoms with Crippen molar-refractivity contribution in [3.63, 3.8) is 0 Å². The van der Waals surface area contributed by atoms with Crippen LogP contribution in [0.3, 0.4) is 0 Å². The van der Waals surface area contributed by atoms with E-state index in [4.69, 9.17) is 23.2 Å². The fourth-order valence-electron chi connectivity index (χ4n) is 1.70. The van der Waals surface area contributed by atoms with E-state index in [1.807, 2.05) is 19.1 Å². The number of phenols is 1. The van der Waals surface area contributed by atoms with Gasteiger partial charge in [0.15, 0.2) is 5.75 Å². The Morgan fingerprint density at radius 2 is 2.00 bits per heavy atom. The zero-order chi connectivity index (χ0) is 14.7. The van der Waals surface area contributed by atoms with Gasteiger partial charge in [-0.25, -0.2) is 0 Å². The molecule has 0 fully saturated rings. The molecule has 6 heteroatoms. The average Bonchev–Trinajstić information content (AvgIpc) is 2.38. The van der Waals surface area contributed by atoms with Crippen LogP contribution in [-0.4, -0.2) is 16.0 Å². The number of phenolic OH excluding ortho intramolecular Hbond substituents is 1. The molecule has 1 amide bonds. The minimum absolute atomic E-state index is 0.0850. The first-order valence-electron chi connectivity index (χ1n) is 5.85. The Balaban J connectivity index is 2.11. The number of halogens is 2. The number of anilines is 1. The Kier molecular flexibility index (Phi) is 4.47. The lowest BCUT2D eigenvalue weighted by Gasteiger charge is -2.08. The SMILES string of the molecule is Cc1cccnc1CC(=O)Nc1cc(Cl)c(O)c(Cl)c1. The second-order valence-electron chi connectivity index (χ2n) is 4.28. The summed E-state index contributed by atoms with van der Waals surface area (Å²) in [5.41, 5.74) is 2.08. The van der Waals surface area contributed by atoms with Crippen molar-refractivity contribution in [3.8, 4) is 5.75 Å². The number of nitrogens with one attached hydrogen (secondary N) is 1. The molecule has 0 bridgehead atoms. The molecule has 0 aliphatic rings. The van der Waals surface area contributed by atoms with E-state index >= 15 is 0 Å². The molecule has 0 spiro atoms. The molecule has 2 N–H and O–H groups in total. The number of benzene rings is 1. The fourth-order valence-corrected chi connectivity index (χ4v) is 2.19. The van der Waals surface area contributed by atoms with E-state index < -0.39 is 0 Å². The molecule has 4 nitrogen and oxygen atoms in total. The fraction of sp³-hybridized carbons (Fsp3) is 0.143. The number of aromatic nitrogens is 1. The predicted molar refractivity (Wildman–Crippen MR) is 79.4 cm³/mol. The van der Waals surface area contributed by atoms with Gasteiger partial charge in [0.2, 0.25) is 5.91 Å². The van der Waals surface area contributed by atoms with Crippen molar-refractivity contribution in [1.82, 2.24) is 4.98 Å². The zero-order valence-electron chi connectivity index (χ0n) is 10.7. The summed E-state index contributed by atoms with van der Waals surface area (Å²) in [6, 6.07) is 6.58. The Bertz CT molecular complexity index is 636. The molecule has 0 radical (unpaired) electrons. The first-order chi connectivity index (χ1) is 9.47. The average molecular weight is 311 g/mol. The number of aromatic hydroxyl groups is 1. The van der Waals surface area contributed by atoms with Gasteiger partial charge in [-0.15, -0.1) is 0 Å².